The Kier molecular flexibility index (Phi) is 3.43. The number of anilines is 1. The minimum absolute atomic E-state index is 0.300. The van der Waals surface area contributed by atoms with Crippen molar-refractivity contribution in [3.63, 3.8) is 0 Å². The van der Waals surface area contributed by atoms with Gasteiger partial charge in [-0.1, -0.05) is 11.6 Å². The van der Waals surface area contributed by atoms with Gasteiger partial charge in [-0.2, -0.15) is 0 Å². The standard InChI is InChI=1S/C9H11BrClN3O/c10-7-8(11)13-4-14-9(7)12-3-6(15)5-1-2-5/h4-6,15H,1-3H2,(H,12,13,14). The number of aliphatic hydroxyl groups excluding tert-OH is 1. The van der Waals surface area contributed by atoms with E-state index < -0.39 is 0 Å². The summed E-state index contributed by atoms with van der Waals surface area (Å²) in [4.78, 5) is 7.85. The molecule has 6 heteroatoms. The van der Waals surface area contributed by atoms with Crippen LogP contribution in [0.5, 0.6) is 0 Å². The summed E-state index contributed by atoms with van der Waals surface area (Å²) >= 11 is 9.09. The minimum atomic E-state index is -0.300. The van der Waals surface area contributed by atoms with Crippen molar-refractivity contribution in [2.75, 3.05) is 11.9 Å². The second-order valence-corrected chi connectivity index (χ2v) is 4.76. The van der Waals surface area contributed by atoms with Crippen LogP contribution in [0.4, 0.5) is 5.82 Å². The van der Waals surface area contributed by atoms with Gasteiger partial charge in [0.05, 0.1) is 10.6 Å². The van der Waals surface area contributed by atoms with Crippen molar-refractivity contribution in [3.8, 4) is 0 Å². The fraction of sp³-hybridized carbons (Fsp3) is 0.556. The maximum absolute atomic E-state index is 9.66. The Bertz CT molecular complexity index is 359. The Balaban J connectivity index is 1.95. The summed E-state index contributed by atoms with van der Waals surface area (Å²) < 4.78 is 0.634. The van der Waals surface area contributed by atoms with Crippen LogP contribution < -0.4 is 5.32 Å². The predicted octanol–water partition coefficient (Wildman–Crippen LogP) is 2.08. The Morgan fingerprint density at radius 1 is 1.60 bits per heavy atom. The second-order valence-electron chi connectivity index (χ2n) is 3.61. The van der Waals surface area contributed by atoms with Crippen LogP contribution in [0.1, 0.15) is 12.8 Å². The molecule has 0 spiro atoms. The third-order valence-corrected chi connectivity index (χ3v) is 3.66. The molecule has 1 atom stereocenters. The van der Waals surface area contributed by atoms with E-state index in [9.17, 15) is 5.11 Å². The molecule has 1 aliphatic rings. The zero-order chi connectivity index (χ0) is 10.8. The lowest BCUT2D eigenvalue weighted by Crippen LogP contribution is -2.22. The molecule has 15 heavy (non-hydrogen) atoms. The lowest BCUT2D eigenvalue weighted by atomic mass is 10.2. The maximum atomic E-state index is 9.66. The number of aliphatic hydroxyl groups is 1. The van der Waals surface area contributed by atoms with E-state index in [-0.39, 0.29) is 6.10 Å². The van der Waals surface area contributed by atoms with E-state index in [1.807, 2.05) is 0 Å². The van der Waals surface area contributed by atoms with Crippen LogP contribution in [0.3, 0.4) is 0 Å². The van der Waals surface area contributed by atoms with Crippen molar-refractivity contribution in [1.82, 2.24) is 9.97 Å². The van der Waals surface area contributed by atoms with Gasteiger partial charge in [-0.25, -0.2) is 9.97 Å². The molecule has 1 aromatic heterocycles. The van der Waals surface area contributed by atoms with E-state index in [1.165, 1.54) is 6.33 Å². The summed E-state index contributed by atoms with van der Waals surface area (Å²) in [7, 11) is 0. The van der Waals surface area contributed by atoms with Gasteiger partial charge in [0.2, 0.25) is 0 Å². The third kappa shape index (κ3) is 2.80. The molecule has 82 valence electrons. The Hall–Kier alpha value is -0.390. The van der Waals surface area contributed by atoms with Crippen LogP contribution in [-0.4, -0.2) is 27.7 Å². The van der Waals surface area contributed by atoms with Gasteiger partial charge in [-0.05, 0) is 34.7 Å². The van der Waals surface area contributed by atoms with E-state index in [4.69, 9.17) is 11.6 Å². The molecule has 1 saturated carbocycles. The van der Waals surface area contributed by atoms with Crippen molar-refractivity contribution < 1.29 is 5.11 Å². The summed E-state index contributed by atoms with van der Waals surface area (Å²) in [6.45, 7) is 0.497. The number of nitrogens with one attached hydrogen (secondary N) is 1. The third-order valence-electron chi connectivity index (χ3n) is 2.39. The van der Waals surface area contributed by atoms with Gasteiger partial charge in [-0.15, -0.1) is 0 Å². The maximum Gasteiger partial charge on any atom is 0.148 e. The molecule has 0 aliphatic heterocycles. The van der Waals surface area contributed by atoms with Crippen LogP contribution in [0.2, 0.25) is 5.15 Å². The first-order valence-corrected chi connectivity index (χ1v) is 5.93. The Morgan fingerprint density at radius 2 is 2.33 bits per heavy atom. The quantitative estimate of drug-likeness (QED) is 0.834. The average molecular weight is 293 g/mol. The normalized spacial score (nSPS) is 17.5. The molecule has 1 aliphatic carbocycles. The van der Waals surface area contributed by atoms with Crippen molar-refractivity contribution in [1.29, 1.82) is 0 Å². The number of aromatic nitrogens is 2. The molecule has 1 fully saturated rings. The lowest BCUT2D eigenvalue weighted by molar-refractivity contribution is 0.164. The predicted molar refractivity (Wildman–Crippen MR) is 62.0 cm³/mol. The zero-order valence-corrected chi connectivity index (χ0v) is 10.3. The molecule has 0 radical (unpaired) electrons. The first kappa shape index (κ1) is 11.1. The van der Waals surface area contributed by atoms with Gasteiger partial charge in [0.1, 0.15) is 17.3 Å². The van der Waals surface area contributed by atoms with Crippen molar-refractivity contribution in [2.24, 2.45) is 5.92 Å². The molecule has 2 rings (SSSR count). The van der Waals surface area contributed by atoms with Crippen molar-refractivity contribution >= 4 is 33.3 Å². The van der Waals surface area contributed by atoms with E-state index >= 15 is 0 Å². The molecule has 0 amide bonds. The number of rotatable bonds is 4. The summed E-state index contributed by atoms with van der Waals surface area (Å²) in [5.41, 5.74) is 0. The van der Waals surface area contributed by atoms with E-state index in [1.54, 1.807) is 0 Å². The van der Waals surface area contributed by atoms with Crippen LogP contribution in [0, 0.1) is 5.92 Å². The molecule has 2 N–H and O–H groups in total. The first-order chi connectivity index (χ1) is 7.18. The fourth-order valence-electron chi connectivity index (χ4n) is 1.32. The zero-order valence-electron chi connectivity index (χ0n) is 7.95. The molecule has 1 aromatic rings. The van der Waals surface area contributed by atoms with Crippen LogP contribution in [0.15, 0.2) is 10.8 Å². The highest BCUT2D eigenvalue weighted by atomic mass is 79.9. The summed E-state index contributed by atoms with van der Waals surface area (Å²) in [5, 5.41) is 13.1. The number of hydrogen-bond donors (Lipinski definition) is 2. The lowest BCUT2D eigenvalue weighted by Gasteiger charge is -2.12. The van der Waals surface area contributed by atoms with E-state index in [2.05, 4.69) is 31.2 Å². The molecular weight excluding hydrogens is 281 g/mol. The monoisotopic (exact) mass is 291 g/mol. The summed E-state index contributed by atoms with van der Waals surface area (Å²) in [6.07, 6.45) is 3.33. The largest absolute Gasteiger partial charge is 0.391 e. The van der Waals surface area contributed by atoms with Gasteiger partial charge in [0.25, 0.3) is 0 Å². The van der Waals surface area contributed by atoms with Gasteiger partial charge < -0.3 is 10.4 Å². The SMILES string of the molecule is OC(CNc1ncnc(Cl)c1Br)C1CC1. The molecule has 1 unspecified atom stereocenters. The molecule has 4 nitrogen and oxygen atoms in total. The van der Waals surface area contributed by atoms with Crippen molar-refractivity contribution in [3.05, 3.63) is 16.0 Å². The summed E-state index contributed by atoms with van der Waals surface area (Å²) in [6, 6.07) is 0. The first-order valence-electron chi connectivity index (χ1n) is 4.76. The number of nitrogens with zero attached hydrogens (tertiary/aromatic N) is 2. The van der Waals surface area contributed by atoms with E-state index in [0.717, 1.165) is 12.8 Å². The minimum Gasteiger partial charge on any atom is -0.391 e. The summed E-state index contributed by atoms with van der Waals surface area (Å²) in [5.74, 6) is 1.07. The molecule has 0 aromatic carbocycles. The van der Waals surface area contributed by atoms with Gasteiger partial charge in [0.15, 0.2) is 0 Å². The topological polar surface area (TPSA) is 58.0 Å². The smallest absolute Gasteiger partial charge is 0.148 e. The van der Waals surface area contributed by atoms with E-state index in [0.29, 0.717) is 27.9 Å². The molecule has 0 saturated heterocycles. The number of halogens is 2. The highest BCUT2D eigenvalue weighted by Gasteiger charge is 2.29. The van der Waals surface area contributed by atoms with Crippen molar-refractivity contribution in [2.45, 2.75) is 18.9 Å². The van der Waals surface area contributed by atoms with Gasteiger partial charge >= 0.3 is 0 Å². The van der Waals surface area contributed by atoms with Gasteiger partial charge in [-0.3, -0.25) is 0 Å². The van der Waals surface area contributed by atoms with Crippen LogP contribution >= 0.6 is 27.5 Å². The second kappa shape index (κ2) is 4.63. The fourth-order valence-corrected chi connectivity index (χ4v) is 1.80. The molecule has 1 heterocycles. The Labute approximate surface area is 101 Å². The highest BCUT2D eigenvalue weighted by Crippen LogP contribution is 2.33. The number of hydrogen-bond acceptors (Lipinski definition) is 4. The molecule has 0 bridgehead atoms. The molecular formula is C9H11BrClN3O. The van der Waals surface area contributed by atoms with Crippen LogP contribution in [0.25, 0.3) is 0 Å². The van der Waals surface area contributed by atoms with Crippen LogP contribution in [-0.2, 0) is 0 Å². The Morgan fingerprint density at radius 3 is 3.00 bits per heavy atom. The highest BCUT2D eigenvalue weighted by molar-refractivity contribution is 9.10. The van der Waals surface area contributed by atoms with Gasteiger partial charge in [0, 0.05) is 6.54 Å². The average Bonchev–Trinajstić information content (AvgIpc) is 3.03.